The summed E-state index contributed by atoms with van der Waals surface area (Å²) < 4.78 is 26.6. The highest BCUT2D eigenvalue weighted by Crippen LogP contribution is 2.62. The number of thiophene rings is 4. The summed E-state index contributed by atoms with van der Waals surface area (Å²) in [5.41, 5.74) is 12.2. The summed E-state index contributed by atoms with van der Waals surface area (Å²) in [7, 11) is 0. The van der Waals surface area contributed by atoms with E-state index in [-0.39, 0.29) is 0 Å². The number of nitrogens with zero attached hydrogens (tertiary/aromatic N) is 2. The van der Waals surface area contributed by atoms with Crippen molar-refractivity contribution >= 4 is 100 Å². The molecule has 604 valence electrons. The molecular formula is C102H144N2O2S5. The second kappa shape index (κ2) is 38.6. The van der Waals surface area contributed by atoms with Crippen molar-refractivity contribution in [3.63, 3.8) is 0 Å². The first-order valence-electron chi connectivity index (χ1n) is 45.1. The van der Waals surface area contributed by atoms with Gasteiger partial charge in [-0.15, -0.1) is 45.3 Å². The van der Waals surface area contributed by atoms with E-state index in [9.17, 15) is 0 Å². The molecule has 12 rings (SSSR count). The maximum absolute atomic E-state index is 8.21. The van der Waals surface area contributed by atoms with Gasteiger partial charge in [0.25, 0.3) is 0 Å². The van der Waals surface area contributed by atoms with Crippen LogP contribution in [0, 0.1) is 84.9 Å². The van der Waals surface area contributed by atoms with E-state index >= 15 is 0 Å². The largest absolute Gasteiger partial charge is 0.481 e. The average molecular weight is 1590 g/mol. The lowest BCUT2D eigenvalue weighted by atomic mass is 9.78. The minimum Gasteiger partial charge on any atom is -0.481 e. The third-order valence-electron chi connectivity index (χ3n) is 26.3. The van der Waals surface area contributed by atoms with Gasteiger partial charge in [0.05, 0.1) is 31.2 Å². The molecule has 10 aromatic rings. The molecule has 4 nitrogen and oxygen atoms in total. The second-order valence-corrected chi connectivity index (χ2v) is 44.1. The number of aromatic nitrogens is 2. The zero-order valence-electron chi connectivity index (χ0n) is 72.8. The van der Waals surface area contributed by atoms with Crippen molar-refractivity contribution in [1.82, 2.24) is 8.75 Å². The number of aryl methyl sites for hydroxylation is 4. The molecule has 0 aliphatic carbocycles. The molecule has 2 aliphatic rings. The van der Waals surface area contributed by atoms with Gasteiger partial charge in [0.15, 0.2) is 0 Å². The molecule has 0 fully saturated rings. The van der Waals surface area contributed by atoms with Crippen molar-refractivity contribution in [1.29, 1.82) is 0 Å². The predicted octanol–water partition coefficient (Wildman–Crippen LogP) is 34.7. The lowest BCUT2D eigenvalue weighted by Gasteiger charge is -2.39. The number of fused-ring (bicyclic) bond motifs is 7. The first-order chi connectivity index (χ1) is 53.2. The Morgan fingerprint density at radius 2 is 0.649 bits per heavy atom. The van der Waals surface area contributed by atoms with Gasteiger partial charge in [-0.2, -0.15) is 8.75 Å². The van der Waals surface area contributed by atoms with Gasteiger partial charge in [0, 0.05) is 41.8 Å². The van der Waals surface area contributed by atoms with Crippen molar-refractivity contribution in [2.24, 2.45) is 71.0 Å². The van der Waals surface area contributed by atoms with Crippen LogP contribution in [0.15, 0.2) is 72.8 Å². The van der Waals surface area contributed by atoms with Crippen LogP contribution in [0.5, 0.6) is 11.5 Å². The number of hydrogen-bond acceptors (Lipinski definition) is 9. The monoisotopic (exact) mass is 1590 g/mol. The molecule has 0 radical (unpaired) electrons. The van der Waals surface area contributed by atoms with E-state index in [0.29, 0.717) is 35.5 Å². The number of benzene rings is 5. The topological polar surface area (TPSA) is 44.2 Å². The molecule has 0 bridgehead atoms. The van der Waals surface area contributed by atoms with E-state index in [1.807, 2.05) is 45.3 Å². The van der Waals surface area contributed by atoms with E-state index in [0.717, 1.165) is 122 Å². The molecular weight excluding hydrogens is 1450 g/mol. The summed E-state index contributed by atoms with van der Waals surface area (Å²) in [4.78, 5) is 10.6. The highest BCUT2D eigenvalue weighted by atomic mass is 32.1. The molecule has 0 spiro atoms. The Morgan fingerprint density at radius 3 is 1.05 bits per heavy atom. The van der Waals surface area contributed by atoms with Crippen molar-refractivity contribution < 1.29 is 9.47 Å². The lowest BCUT2D eigenvalue weighted by molar-refractivity contribution is 0.0322. The van der Waals surface area contributed by atoms with Gasteiger partial charge in [0.2, 0.25) is 0 Å². The fourth-order valence-electron chi connectivity index (χ4n) is 19.1. The number of ether oxygens (including phenoxy) is 2. The minimum atomic E-state index is -0.492. The van der Waals surface area contributed by atoms with Crippen LogP contribution in [0.3, 0.4) is 0 Å². The second-order valence-electron chi connectivity index (χ2n) is 39.2. The van der Waals surface area contributed by atoms with Crippen LogP contribution in [0.2, 0.25) is 0 Å². The van der Waals surface area contributed by atoms with E-state index < -0.39 is 11.2 Å². The fraction of sp³-hybridized carbons (Fsp3) is 0.627. The maximum Gasteiger partial charge on any atom is 0.140 e. The fourth-order valence-corrected chi connectivity index (χ4v) is 24.6. The first kappa shape index (κ1) is 85.7. The molecule has 5 aromatic heterocycles. The molecule has 5 aromatic carbocycles. The van der Waals surface area contributed by atoms with Gasteiger partial charge in [-0.3, -0.25) is 0 Å². The molecule has 111 heavy (non-hydrogen) atoms. The number of hydrogen-bond donors (Lipinski definition) is 0. The van der Waals surface area contributed by atoms with Crippen LogP contribution in [-0.4, -0.2) is 8.75 Å². The normalized spacial score (nSPS) is 17.5. The molecule has 6 atom stereocenters. The van der Waals surface area contributed by atoms with Gasteiger partial charge >= 0.3 is 0 Å². The Bertz CT molecular complexity index is 4560. The molecule has 0 amide bonds. The van der Waals surface area contributed by atoms with E-state index in [1.54, 1.807) is 0 Å². The van der Waals surface area contributed by atoms with Crippen LogP contribution in [0.25, 0.3) is 94.2 Å². The molecule has 2 aliphatic heterocycles. The molecule has 9 heteroatoms. The standard InChI is InChI=1S/C102H144N2O2S5/c1-63(2)27-21-33-69(13)39-41-77-57-75(19)79-43-44-81-78(42-40-70(14)34-22-28-64(3)4)59-85(82-46-45-80(77)93(79)94(81)82)92-62-89-100(110-92)98-87(102(106-89,55-51-73(17)37-25-31-67(9)10)56-52-74(18)38-26-32-68(11)12)61-91(109-98)84-48-47-83(95-96(84)104-111-103-95)90-60-86-97(108-90)99-88(58-76(20)107-99)105-101(86,53-49-71(15)35-23-29-65(5)6)54-50-72(16)36-24-30-66(7)8/h43-48,57-74H,21-42,49-56H2,1-20H3. The van der Waals surface area contributed by atoms with Gasteiger partial charge in [-0.25, -0.2) is 0 Å². The van der Waals surface area contributed by atoms with Crippen molar-refractivity contribution in [2.75, 3.05) is 0 Å². The Labute approximate surface area is 694 Å². The highest BCUT2D eigenvalue weighted by Gasteiger charge is 2.46. The third kappa shape index (κ3) is 20.8. The van der Waals surface area contributed by atoms with Gasteiger partial charge < -0.3 is 9.47 Å². The Balaban J connectivity index is 0.987. The van der Waals surface area contributed by atoms with Crippen molar-refractivity contribution in [2.45, 2.75) is 342 Å². The molecule has 6 unspecified atom stereocenters. The smallest absolute Gasteiger partial charge is 0.140 e. The van der Waals surface area contributed by atoms with E-state index in [2.05, 4.69) is 211 Å². The predicted molar refractivity (Wildman–Crippen MR) is 495 cm³/mol. The van der Waals surface area contributed by atoms with E-state index in [4.69, 9.17) is 18.2 Å². The van der Waals surface area contributed by atoms with Crippen molar-refractivity contribution in [3.05, 3.63) is 105 Å². The number of rotatable bonds is 45. The highest BCUT2D eigenvalue weighted by molar-refractivity contribution is 7.26. The first-order valence-corrected chi connectivity index (χ1v) is 49.1. The summed E-state index contributed by atoms with van der Waals surface area (Å²) in [5, 5.41) is 8.66. The average Bonchev–Trinajstić information content (AvgIpc) is 1.71. The van der Waals surface area contributed by atoms with Crippen LogP contribution in [0.4, 0.5) is 0 Å². The Kier molecular flexibility index (Phi) is 29.8. The van der Waals surface area contributed by atoms with Gasteiger partial charge in [-0.1, -0.05) is 283 Å². The molecule has 0 saturated heterocycles. The molecule has 7 heterocycles. The maximum atomic E-state index is 8.21. The van der Waals surface area contributed by atoms with Gasteiger partial charge in [-0.05, 0) is 247 Å². The van der Waals surface area contributed by atoms with Gasteiger partial charge in [0.1, 0.15) is 33.7 Å². The lowest BCUT2D eigenvalue weighted by Crippen LogP contribution is -2.36. The van der Waals surface area contributed by atoms with Crippen LogP contribution < -0.4 is 9.47 Å². The minimum absolute atomic E-state index is 0.396. The van der Waals surface area contributed by atoms with Crippen LogP contribution in [-0.2, 0) is 24.0 Å². The van der Waals surface area contributed by atoms with E-state index in [1.165, 1.54) is 256 Å². The zero-order chi connectivity index (χ0) is 79.0. The van der Waals surface area contributed by atoms with Crippen LogP contribution >= 0.6 is 57.1 Å². The molecule has 0 N–H and O–H groups in total. The molecule has 0 saturated carbocycles. The quantitative estimate of drug-likeness (QED) is 0.0357. The third-order valence-corrected chi connectivity index (χ3v) is 31.7. The summed E-state index contributed by atoms with van der Waals surface area (Å²) >= 11 is 9.29. The Morgan fingerprint density at radius 1 is 0.315 bits per heavy atom. The summed E-state index contributed by atoms with van der Waals surface area (Å²) in [6.45, 7) is 48.4. The summed E-state index contributed by atoms with van der Waals surface area (Å²) in [6, 6.07) is 30.3. The van der Waals surface area contributed by atoms with Crippen molar-refractivity contribution in [3.8, 4) is 62.3 Å². The van der Waals surface area contributed by atoms with Crippen LogP contribution in [0.1, 0.15) is 337 Å². The summed E-state index contributed by atoms with van der Waals surface area (Å²) in [5.74, 6) is 10.4. The SMILES string of the molecule is Cc1cc2c(s1)-c1sc(-c3ccc(-c4cc5c(s4)-c4sc(-c6cc(CCC(C)CCCC(C)C)c7ccc8c(C)cc(CCC(C)CCCC(C)C)c9ccc6c7c89)cc4OC5(CCC(C)CCCC(C)C)CCC(C)CCCC(C)C)c4nsnc34)cc1C(CCC(C)CCCC(C)C)(CCC(C)CCCC(C)C)O2. The Hall–Kier alpha value is -4.64. The summed E-state index contributed by atoms with van der Waals surface area (Å²) in [6.07, 6.45) is 36.5. The zero-order valence-corrected chi connectivity index (χ0v) is 76.9.